The van der Waals surface area contributed by atoms with E-state index in [4.69, 9.17) is 20.8 Å². The summed E-state index contributed by atoms with van der Waals surface area (Å²) in [5, 5.41) is 5.81. The number of fused-ring (bicyclic) bond motifs is 1. The van der Waals surface area contributed by atoms with Crippen LogP contribution in [0.25, 0.3) is 22.4 Å². The van der Waals surface area contributed by atoms with E-state index in [1.165, 1.54) is 27.8 Å². The van der Waals surface area contributed by atoms with Gasteiger partial charge in [0.1, 0.15) is 15.9 Å². The van der Waals surface area contributed by atoms with Crippen molar-refractivity contribution in [3.63, 3.8) is 0 Å². The van der Waals surface area contributed by atoms with Gasteiger partial charge in [-0.1, -0.05) is 23.7 Å². The number of hydrogen-bond acceptors (Lipinski definition) is 8. The van der Waals surface area contributed by atoms with E-state index < -0.39 is 22.0 Å². The topological polar surface area (TPSA) is 102 Å². The van der Waals surface area contributed by atoms with Gasteiger partial charge in [-0.05, 0) is 44.0 Å². The number of nitrogens with zero attached hydrogens (tertiary/aromatic N) is 2. The number of sulfonamides is 1. The van der Waals surface area contributed by atoms with E-state index in [2.05, 4.69) is 10.3 Å². The van der Waals surface area contributed by atoms with Crippen LogP contribution in [0.1, 0.15) is 19.8 Å². The first-order valence-electron chi connectivity index (χ1n) is 10.6. The minimum atomic E-state index is -3.80. The molecule has 0 saturated carbocycles. The number of nitrogens with one attached hydrogen (secondary N) is 1. The second-order valence-electron chi connectivity index (χ2n) is 7.58. The molecule has 1 N–H and O–H groups in total. The summed E-state index contributed by atoms with van der Waals surface area (Å²) in [6, 6.07) is 9.73. The van der Waals surface area contributed by atoms with Gasteiger partial charge in [-0.3, -0.25) is 4.79 Å². The highest BCUT2D eigenvalue weighted by atomic mass is 35.5. The van der Waals surface area contributed by atoms with Crippen molar-refractivity contribution in [2.75, 3.05) is 18.5 Å². The van der Waals surface area contributed by atoms with E-state index in [9.17, 15) is 13.2 Å². The van der Waals surface area contributed by atoms with Crippen molar-refractivity contribution in [3.05, 3.63) is 46.1 Å². The van der Waals surface area contributed by atoms with E-state index in [1.54, 1.807) is 5.38 Å². The minimum absolute atomic E-state index is 0.130. The third kappa shape index (κ3) is 4.34. The summed E-state index contributed by atoms with van der Waals surface area (Å²) in [5.41, 5.74) is 1.21. The molecule has 1 aromatic carbocycles. The lowest BCUT2D eigenvalue weighted by atomic mass is 10.2. The van der Waals surface area contributed by atoms with Gasteiger partial charge in [0.15, 0.2) is 22.2 Å². The molecule has 0 aliphatic carbocycles. The Morgan fingerprint density at radius 1 is 1.35 bits per heavy atom. The molecule has 1 saturated heterocycles. The summed E-state index contributed by atoms with van der Waals surface area (Å²) in [4.78, 5) is 17.5. The molecule has 0 spiro atoms. The first kappa shape index (κ1) is 23.3. The van der Waals surface area contributed by atoms with E-state index in [-0.39, 0.29) is 10.8 Å². The van der Waals surface area contributed by atoms with Crippen molar-refractivity contribution in [1.29, 1.82) is 0 Å². The van der Waals surface area contributed by atoms with Crippen molar-refractivity contribution in [2.24, 2.45) is 0 Å². The number of anilines is 1. The zero-order valence-corrected chi connectivity index (χ0v) is 21.2. The van der Waals surface area contributed by atoms with Crippen LogP contribution in [0.5, 0.6) is 5.75 Å². The van der Waals surface area contributed by atoms with Gasteiger partial charge in [-0.25, -0.2) is 13.4 Å². The predicted molar refractivity (Wildman–Crippen MR) is 133 cm³/mol. The minimum Gasteiger partial charge on any atom is -0.490 e. The Labute approximate surface area is 209 Å². The van der Waals surface area contributed by atoms with Crippen LogP contribution < -0.4 is 10.1 Å². The van der Waals surface area contributed by atoms with Crippen LogP contribution in [0.2, 0.25) is 4.34 Å². The quantitative estimate of drug-likeness (QED) is 0.336. The molecule has 5 rings (SSSR count). The average Bonchev–Trinajstić information content (AvgIpc) is 3.59. The highest BCUT2D eigenvalue weighted by molar-refractivity contribution is 7.91. The molecule has 4 heterocycles. The number of furan rings is 1. The third-order valence-electron chi connectivity index (χ3n) is 5.41. The van der Waals surface area contributed by atoms with Crippen molar-refractivity contribution in [2.45, 2.75) is 30.0 Å². The molecule has 8 nitrogen and oxygen atoms in total. The molecule has 34 heavy (non-hydrogen) atoms. The molecular formula is C22H20ClN3O5S3. The lowest BCUT2D eigenvalue weighted by molar-refractivity contribution is -0.119. The molecule has 1 fully saturated rings. The number of halogens is 1. The standard InChI is InChI=1S/C22H20ClN3O5S3/c1-2-30-16-7-3-5-13-11-17(31-20(13)16)14-12-32-22(24-14)25-21(27)15-6-4-10-26(15)34(28,29)19-9-8-18(23)33-19/h3,5,7-9,11-12,15H,2,4,6,10H2,1H3,(H,24,25,27)/t15-/m1/s1. The molecular weight excluding hydrogens is 518 g/mol. The van der Waals surface area contributed by atoms with E-state index in [1.807, 2.05) is 31.2 Å². The summed E-state index contributed by atoms with van der Waals surface area (Å²) in [6.07, 6.45) is 1.03. The van der Waals surface area contributed by atoms with Crippen LogP contribution in [-0.2, 0) is 14.8 Å². The zero-order valence-electron chi connectivity index (χ0n) is 18.0. The van der Waals surface area contributed by atoms with Gasteiger partial charge in [0.2, 0.25) is 5.91 Å². The summed E-state index contributed by atoms with van der Waals surface area (Å²) >= 11 is 8.14. The largest absolute Gasteiger partial charge is 0.490 e. The molecule has 0 bridgehead atoms. The number of amides is 1. The molecule has 0 radical (unpaired) electrons. The van der Waals surface area contributed by atoms with Crippen molar-refractivity contribution >= 4 is 66.3 Å². The summed E-state index contributed by atoms with van der Waals surface area (Å²) in [7, 11) is -3.80. The van der Waals surface area contributed by atoms with E-state index in [0.717, 1.165) is 16.7 Å². The summed E-state index contributed by atoms with van der Waals surface area (Å²) < 4.78 is 39.4. The van der Waals surface area contributed by atoms with Gasteiger partial charge in [-0.2, -0.15) is 4.31 Å². The summed E-state index contributed by atoms with van der Waals surface area (Å²) in [6.45, 7) is 2.71. The van der Waals surface area contributed by atoms with Gasteiger partial charge < -0.3 is 14.5 Å². The van der Waals surface area contributed by atoms with E-state index in [0.29, 0.717) is 51.7 Å². The number of aromatic nitrogens is 1. The molecule has 4 aromatic rings. The van der Waals surface area contributed by atoms with Gasteiger partial charge in [0, 0.05) is 17.3 Å². The molecule has 12 heteroatoms. The maximum Gasteiger partial charge on any atom is 0.253 e. The zero-order chi connectivity index (χ0) is 23.9. The Morgan fingerprint density at radius 2 is 2.21 bits per heavy atom. The Hall–Kier alpha value is -2.44. The van der Waals surface area contributed by atoms with Gasteiger partial charge in [0.05, 0.1) is 10.9 Å². The maximum absolute atomic E-state index is 13.0. The van der Waals surface area contributed by atoms with Gasteiger partial charge in [0.25, 0.3) is 10.0 Å². The first-order chi connectivity index (χ1) is 16.4. The number of thiophene rings is 1. The maximum atomic E-state index is 13.0. The van der Waals surface area contributed by atoms with Crippen LogP contribution in [0, 0.1) is 0 Å². The fourth-order valence-corrected chi connectivity index (χ4v) is 7.88. The Balaban J connectivity index is 1.34. The number of thiazole rings is 1. The lowest BCUT2D eigenvalue weighted by Gasteiger charge is -2.22. The third-order valence-corrected chi connectivity index (χ3v) is 9.78. The van der Waals surface area contributed by atoms with E-state index >= 15 is 0 Å². The predicted octanol–water partition coefficient (Wildman–Crippen LogP) is 5.46. The number of carbonyl (C=O) groups excluding carboxylic acids is 1. The summed E-state index contributed by atoms with van der Waals surface area (Å²) in [5.74, 6) is 0.802. The molecule has 1 amide bonds. The van der Waals surface area contributed by atoms with Crippen LogP contribution in [0.15, 0.2) is 50.4 Å². The SMILES string of the molecule is CCOc1cccc2cc(-c3csc(NC(=O)[C@H]4CCCN4S(=O)(=O)c4ccc(Cl)s4)n3)oc12. The monoisotopic (exact) mass is 537 g/mol. The smallest absolute Gasteiger partial charge is 0.253 e. The second kappa shape index (κ2) is 9.31. The number of rotatable bonds is 7. The number of carbonyl (C=O) groups is 1. The lowest BCUT2D eigenvalue weighted by Crippen LogP contribution is -2.42. The Morgan fingerprint density at radius 3 is 2.97 bits per heavy atom. The van der Waals surface area contributed by atoms with Crippen LogP contribution in [0.3, 0.4) is 0 Å². The molecule has 1 atom stereocenters. The molecule has 1 aliphatic heterocycles. The second-order valence-corrected chi connectivity index (χ2v) is 12.3. The van der Waals surface area contributed by atoms with Crippen LogP contribution >= 0.6 is 34.3 Å². The van der Waals surface area contributed by atoms with Gasteiger partial charge in [-0.15, -0.1) is 22.7 Å². The fraction of sp³-hybridized carbons (Fsp3) is 0.273. The van der Waals surface area contributed by atoms with Gasteiger partial charge >= 0.3 is 0 Å². The molecule has 178 valence electrons. The van der Waals surface area contributed by atoms with Crippen molar-refractivity contribution in [1.82, 2.24) is 9.29 Å². The molecule has 3 aromatic heterocycles. The number of para-hydroxylation sites is 1. The molecule has 1 aliphatic rings. The first-order valence-corrected chi connectivity index (χ1v) is 14.1. The highest BCUT2D eigenvalue weighted by Gasteiger charge is 2.40. The number of ether oxygens (including phenoxy) is 1. The average molecular weight is 538 g/mol. The Bertz CT molecular complexity index is 1460. The van der Waals surface area contributed by atoms with Crippen molar-refractivity contribution < 1.29 is 22.4 Å². The Kier molecular flexibility index (Phi) is 6.38. The normalized spacial score (nSPS) is 16.8. The highest BCUT2D eigenvalue weighted by Crippen LogP contribution is 2.36. The fourth-order valence-electron chi connectivity index (χ4n) is 3.91. The van der Waals surface area contributed by atoms with Crippen LogP contribution in [0.4, 0.5) is 5.13 Å². The number of benzene rings is 1. The number of hydrogen-bond donors (Lipinski definition) is 1. The van der Waals surface area contributed by atoms with Crippen LogP contribution in [-0.4, -0.2) is 42.8 Å². The molecule has 0 unspecified atom stereocenters. The van der Waals surface area contributed by atoms with Crippen molar-refractivity contribution in [3.8, 4) is 17.2 Å².